The molecular formula is C14H21ClN2. The average Bonchev–Trinajstić information content (AvgIpc) is 3.08. The number of hydrogen-bond donors (Lipinski definition) is 1. The van der Waals surface area contributed by atoms with Gasteiger partial charge in [-0.1, -0.05) is 23.7 Å². The van der Waals surface area contributed by atoms with E-state index in [0.717, 1.165) is 23.0 Å². The van der Waals surface area contributed by atoms with E-state index in [4.69, 9.17) is 17.3 Å². The number of halogens is 1. The Morgan fingerprint density at radius 2 is 2.18 bits per heavy atom. The van der Waals surface area contributed by atoms with Crippen LogP contribution in [-0.2, 0) is 0 Å². The maximum atomic E-state index is 6.18. The van der Waals surface area contributed by atoms with Gasteiger partial charge in [0, 0.05) is 24.2 Å². The van der Waals surface area contributed by atoms with Crippen LogP contribution < -0.4 is 5.73 Å². The largest absolute Gasteiger partial charge is 0.329 e. The van der Waals surface area contributed by atoms with Crippen LogP contribution in [0.1, 0.15) is 30.0 Å². The van der Waals surface area contributed by atoms with Crippen molar-refractivity contribution in [1.29, 1.82) is 0 Å². The van der Waals surface area contributed by atoms with Gasteiger partial charge in [-0.05, 0) is 49.9 Å². The van der Waals surface area contributed by atoms with Gasteiger partial charge in [0.05, 0.1) is 0 Å². The van der Waals surface area contributed by atoms with Gasteiger partial charge in [0.1, 0.15) is 0 Å². The van der Waals surface area contributed by atoms with Crippen molar-refractivity contribution in [2.45, 2.75) is 25.8 Å². The molecule has 1 aliphatic rings. The Morgan fingerprint density at radius 3 is 2.71 bits per heavy atom. The fourth-order valence-electron chi connectivity index (χ4n) is 2.22. The number of nitrogens with zero attached hydrogens (tertiary/aromatic N) is 1. The molecule has 1 fully saturated rings. The van der Waals surface area contributed by atoms with Crippen molar-refractivity contribution in [3.05, 3.63) is 34.3 Å². The molecule has 1 aromatic rings. The van der Waals surface area contributed by atoms with Crippen molar-refractivity contribution in [3.8, 4) is 0 Å². The lowest BCUT2D eigenvalue weighted by atomic mass is 10.0. The predicted octanol–water partition coefficient (Wildman–Crippen LogP) is 2.99. The number of nitrogens with two attached hydrogens (primary N) is 1. The topological polar surface area (TPSA) is 29.3 Å². The highest BCUT2D eigenvalue weighted by Gasteiger charge is 2.26. The van der Waals surface area contributed by atoms with Crippen molar-refractivity contribution in [1.82, 2.24) is 4.90 Å². The monoisotopic (exact) mass is 252 g/mol. The summed E-state index contributed by atoms with van der Waals surface area (Å²) >= 11 is 6.18. The van der Waals surface area contributed by atoms with E-state index in [0.29, 0.717) is 6.54 Å². The first kappa shape index (κ1) is 12.9. The van der Waals surface area contributed by atoms with Crippen molar-refractivity contribution in [2.75, 3.05) is 20.1 Å². The Kier molecular flexibility index (Phi) is 4.08. The van der Waals surface area contributed by atoms with Crippen LogP contribution >= 0.6 is 11.6 Å². The molecule has 2 rings (SSSR count). The highest BCUT2D eigenvalue weighted by molar-refractivity contribution is 6.31. The second kappa shape index (κ2) is 5.38. The summed E-state index contributed by atoms with van der Waals surface area (Å²) in [5.74, 6) is 0.884. The Labute approximate surface area is 109 Å². The van der Waals surface area contributed by atoms with Crippen molar-refractivity contribution >= 4 is 11.6 Å². The molecule has 0 aromatic heterocycles. The SMILES string of the molecule is Cc1ccc(C(CN)N(C)CC2CC2)cc1Cl. The van der Waals surface area contributed by atoms with Gasteiger partial charge >= 0.3 is 0 Å². The van der Waals surface area contributed by atoms with Gasteiger partial charge in [0.25, 0.3) is 0 Å². The van der Waals surface area contributed by atoms with Crippen LogP contribution in [-0.4, -0.2) is 25.0 Å². The summed E-state index contributed by atoms with van der Waals surface area (Å²) in [5, 5.41) is 0.834. The molecular weight excluding hydrogens is 232 g/mol. The molecule has 1 aromatic carbocycles. The Balaban J connectivity index is 2.12. The van der Waals surface area contributed by atoms with Crippen LogP contribution in [0.3, 0.4) is 0 Å². The summed E-state index contributed by atoms with van der Waals surface area (Å²) in [5.41, 5.74) is 8.25. The Morgan fingerprint density at radius 1 is 1.47 bits per heavy atom. The molecule has 0 spiro atoms. The minimum absolute atomic E-state index is 0.286. The number of aryl methyl sites for hydroxylation is 1. The van der Waals surface area contributed by atoms with Gasteiger partial charge in [-0.25, -0.2) is 0 Å². The third kappa shape index (κ3) is 3.21. The van der Waals surface area contributed by atoms with Crippen LogP contribution in [0, 0.1) is 12.8 Å². The van der Waals surface area contributed by atoms with E-state index < -0.39 is 0 Å². The third-order valence-electron chi connectivity index (χ3n) is 3.58. The van der Waals surface area contributed by atoms with Crippen LogP contribution in [0.5, 0.6) is 0 Å². The summed E-state index contributed by atoms with van der Waals surface area (Å²) < 4.78 is 0. The molecule has 2 nitrogen and oxygen atoms in total. The fraction of sp³-hybridized carbons (Fsp3) is 0.571. The molecule has 0 bridgehead atoms. The van der Waals surface area contributed by atoms with Crippen LogP contribution in [0.25, 0.3) is 0 Å². The lowest BCUT2D eigenvalue weighted by Gasteiger charge is -2.27. The number of benzene rings is 1. The molecule has 1 aliphatic carbocycles. The Bertz CT molecular complexity index is 388. The minimum atomic E-state index is 0.286. The molecule has 2 N–H and O–H groups in total. The zero-order valence-corrected chi connectivity index (χ0v) is 11.4. The normalized spacial score (nSPS) is 17.5. The standard InChI is InChI=1S/C14H21ClN2/c1-10-3-6-12(7-13(10)15)14(8-16)17(2)9-11-4-5-11/h3,6-7,11,14H,4-5,8-9,16H2,1-2H3. The van der Waals surface area contributed by atoms with E-state index in [1.807, 2.05) is 6.92 Å². The van der Waals surface area contributed by atoms with Crippen molar-refractivity contribution < 1.29 is 0 Å². The van der Waals surface area contributed by atoms with Crippen molar-refractivity contribution in [3.63, 3.8) is 0 Å². The third-order valence-corrected chi connectivity index (χ3v) is 3.99. The summed E-state index contributed by atoms with van der Waals surface area (Å²) in [6.45, 7) is 3.81. The van der Waals surface area contributed by atoms with Gasteiger partial charge < -0.3 is 5.73 Å². The molecule has 0 saturated heterocycles. The van der Waals surface area contributed by atoms with Gasteiger partial charge in [0.15, 0.2) is 0 Å². The Hall–Kier alpha value is -0.570. The zero-order chi connectivity index (χ0) is 12.4. The first-order chi connectivity index (χ1) is 8.11. The first-order valence-electron chi connectivity index (χ1n) is 6.28. The fourth-order valence-corrected chi connectivity index (χ4v) is 2.41. The molecule has 0 heterocycles. The van der Waals surface area contributed by atoms with Crippen molar-refractivity contribution in [2.24, 2.45) is 11.7 Å². The number of rotatable bonds is 5. The van der Waals surface area contributed by atoms with Gasteiger partial charge in [-0.15, -0.1) is 0 Å². The highest BCUT2D eigenvalue weighted by Crippen LogP contribution is 2.32. The predicted molar refractivity (Wildman–Crippen MR) is 73.3 cm³/mol. The van der Waals surface area contributed by atoms with E-state index in [1.165, 1.54) is 18.4 Å². The highest BCUT2D eigenvalue weighted by atomic mass is 35.5. The lowest BCUT2D eigenvalue weighted by Crippen LogP contribution is -2.32. The average molecular weight is 253 g/mol. The minimum Gasteiger partial charge on any atom is -0.329 e. The van der Waals surface area contributed by atoms with E-state index in [1.54, 1.807) is 0 Å². The zero-order valence-electron chi connectivity index (χ0n) is 10.6. The molecule has 17 heavy (non-hydrogen) atoms. The second-order valence-electron chi connectivity index (χ2n) is 5.14. The van der Waals surface area contributed by atoms with Gasteiger partial charge in [-0.3, -0.25) is 4.90 Å². The van der Waals surface area contributed by atoms with E-state index in [-0.39, 0.29) is 6.04 Å². The molecule has 1 saturated carbocycles. The molecule has 1 atom stereocenters. The molecule has 3 heteroatoms. The van der Waals surface area contributed by atoms with E-state index >= 15 is 0 Å². The van der Waals surface area contributed by atoms with Crippen LogP contribution in [0.2, 0.25) is 5.02 Å². The van der Waals surface area contributed by atoms with E-state index in [2.05, 4.69) is 30.1 Å². The number of likely N-dealkylation sites (N-methyl/N-ethyl adjacent to an activating group) is 1. The summed E-state index contributed by atoms with van der Waals surface area (Å²) in [6, 6.07) is 6.55. The summed E-state index contributed by atoms with van der Waals surface area (Å²) in [4.78, 5) is 2.36. The maximum absolute atomic E-state index is 6.18. The van der Waals surface area contributed by atoms with Gasteiger partial charge in [0.2, 0.25) is 0 Å². The molecule has 0 radical (unpaired) electrons. The van der Waals surface area contributed by atoms with Crippen LogP contribution in [0.4, 0.5) is 0 Å². The smallest absolute Gasteiger partial charge is 0.0468 e. The molecule has 0 aliphatic heterocycles. The van der Waals surface area contributed by atoms with E-state index in [9.17, 15) is 0 Å². The van der Waals surface area contributed by atoms with Crippen LogP contribution in [0.15, 0.2) is 18.2 Å². The first-order valence-corrected chi connectivity index (χ1v) is 6.66. The van der Waals surface area contributed by atoms with Gasteiger partial charge in [-0.2, -0.15) is 0 Å². The number of hydrogen-bond acceptors (Lipinski definition) is 2. The summed E-state index contributed by atoms with van der Waals surface area (Å²) in [6.07, 6.45) is 2.74. The maximum Gasteiger partial charge on any atom is 0.0468 e. The molecule has 94 valence electrons. The summed E-state index contributed by atoms with van der Waals surface area (Å²) in [7, 11) is 2.16. The molecule has 0 amide bonds. The quantitative estimate of drug-likeness (QED) is 0.873. The lowest BCUT2D eigenvalue weighted by molar-refractivity contribution is 0.240. The molecule has 1 unspecified atom stereocenters. The second-order valence-corrected chi connectivity index (χ2v) is 5.55.